The molecule has 0 aromatic carbocycles. The van der Waals surface area contributed by atoms with Gasteiger partial charge < -0.3 is 9.52 Å². The van der Waals surface area contributed by atoms with Crippen molar-refractivity contribution in [3.05, 3.63) is 5.89 Å². The number of carboxylic acid groups (broad SMARTS) is 1. The van der Waals surface area contributed by atoms with Gasteiger partial charge in [0.1, 0.15) is 0 Å². The Morgan fingerprint density at radius 1 is 1.29 bits per heavy atom. The molecule has 90 valence electrons. The van der Waals surface area contributed by atoms with E-state index in [0.717, 1.165) is 12.8 Å². The topological polar surface area (TPSA) is 105 Å². The van der Waals surface area contributed by atoms with Gasteiger partial charge in [-0.05, 0) is 19.3 Å². The van der Waals surface area contributed by atoms with Crippen molar-refractivity contribution in [2.24, 2.45) is 11.8 Å². The van der Waals surface area contributed by atoms with Crippen molar-refractivity contribution >= 4 is 17.9 Å². The second kappa shape index (κ2) is 3.54. The number of carbonyl (C=O) groups excluding carboxylic acids is 1. The van der Waals surface area contributed by atoms with Gasteiger partial charge in [0.05, 0.1) is 11.8 Å². The number of aliphatic carboxylic acids is 1. The second-order valence-electron chi connectivity index (χ2n) is 4.50. The number of rotatable bonds is 4. The van der Waals surface area contributed by atoms with Crippen LogP contribution < -0.4 is 5.32 Å². The standard InChI is InChI=1S/C10H11N3O4/c14-7(5-3-6(5)9(15)16)11-10-13-12-8(17-10)4-1-2-4/h4-6H,1-3H2,(H,15,16)(H,11,13,14)/t5-,6+/m1/s1. The van der Waals surface area contributed by atoms with Crippen molar-refractivity contribution in [1.29, 1.82) is 0 Å². The molecular weight excluding hydrogens is 226 g/mol. The average molecular weight is 237 g/mol. The predicted molar refractivity (Wildman–Crippen MR) is 54.1 cm³/mol. The summed E-state index contributed by atoms with van der Waals surface area (Å²) in [7, 11) is 0. The van der Waals surface area contributed by atoms with E-state index in [1.807, 2.05) is 0 Å². The molecule has 2 aliphatic rings. The van der Waals surface area contributed by atoms with Crippen LogP contribution in [0.15, 0.2) is 4.42 Å². The molecule has 2 N–H and O–H groups in total. The number of carboxylic acids is 1. The van der Waals surface area contributed by atoms with Gasteiger partial charge in [0.25, 0.3) is 0 Å². The maximum Gasteiger partial charge on any atom is 0.322 e. The molecular formula is C10H11N3O4. The molecule has 0 radical (unpaired) electrons. The zero-order valence-electron chi connectivity index (χ0n) is 8.92. The lowest BCUT2D eigenvalue weighted by atomic mass is 10.3. The SMILES string of the molecule is O=C(O)[C@H]1C[C@H]1C(=O)Nc1nnc(C2CC2)o1. The van der Waals surface area contributed by atoms with E-state index < -0.39 is 17.8 Å². The Hall–Kier alpha value is -1.92. The molecule has 2 atom stereocenters. The van der Waals surface area contributed by atoms with E-state index >= 15 is 0 Å². The van der Waals surface area contributed by atoms with E-state index in [-0.39, 0.29) is 11.9 Å². The van der Waals surface area contributed by atoms with Crippen molar-refractivity contribution in [1.82, 2.24) is 10.2 Å². The largest absolute Gasteiger partial charge is 0.481 e. The molecule has 7 heteroatoms. The number of aromatic nitrogens is 2. The quantitative estimate of drug-likeness (QED) is 0.794. The molecule has 1 heterocycles. The smallest absolute Gasteiger partial charge is 0.322 e. The van der Waals surface area contributed by atoms with Crippen LogP contribution in [-0.4, -0.2) is 27.2 Å². The molecule has 0 aliphatic heterocycles. The molecule has 0 saturated heterocycles. The summed E-state index contributed by atoms with van der Waals surface area (Å²) >= 11 is 0. The molecule has 0 unspecified atom stereocenters. The van der Waals surface area contributed by atoms with E-state index in [1.54, 1.807) is 0 Å². The first-order chi connectivity index (χ1) is 8.15. The number of hydrogen-bond donors (Lipinski definition) is 2. The van der Waals surface area contributed by atoms with Gasteiger partial charge in [-0.1, -0.05) is 5.10 Å². The van der Waals surface area contributed by atoms with E-state index in [4.69, 9.17) is 9.52 Å². The summed E-state index contributed by atoms with van der Waals surface area (Å²) in [5, 5.41) is 18.7. The lowest BCUT2D eigenvalue weighted by Crippen LogP contribution is -2.16. The zero-order chi connectivity index (χ0) is 12.0. The summed E-state index contributed by atoms with van der Waals surface area (Å²) in [4.78, 5) is 22.2. The third kappa shape index (κ3) is 2.00. The van der Waals surface area contributed by atoms with E-state index in [9.17, 15) is 9.59 Å². The summed E-state index contributed by atoms with van der Waals surface area (Å²) in [5.41, 5.74) is 0. The van der Waals surface area contributed by atoms with Crippen molar-refractivity contribution in [3.8, 4) is 0 Å². The van der Waals surface area contributed by atoms with Crippen LogP contribution >= 0.6 is 0 Å². The molecule has 1 amide bonds. The van der Waals surface area contributed by atoms with Gasteiger partial charge in [-0.3, -0.25) is 14.9 Å². The highest BCUT2D eigenvalue weighted by molar-refractivity contribution is 5.96. The maximum atomic E-state index is 11.6. The summed E-state index contributed by atoms with van der Waals surface area (Å²) in [6.07, 6.45) is 2.46. The van der Waals surface area contributed by atoms with Crippen molar-refractivity contribution < 1.29 is 19.1 Å². The first-order valence-corrected chi connectivity index (χ1v) is 5.52. The molecule has 0 spiro atoms. The van der Waals surface area contributed by atoms with Crippen LogP contribution in [0, 0.1) is 11.8 Å². The van der Waals surface area contributed by atoms with Gasteiger partial charge in [-0.15, -0.1) is 5.10 Å². The van der Waals surface area contributed by atoms with Crippen molar-refractivity contribution in [2.45, 2.75) is 25.2 Å². The Labute approximate surface area is 96.2 Å². The predicted octanol–water partition coefficient (Wildman–Crippen LogP) is 0.606. The Kier molecular flexibility index (Phi) is 2.13. The number of amides is 1. The number of anilines is 1. The summed E-state index contributed by atoms with van der Waals surface area (Å²) < 4.78 is 5.25. The summed E-state index contributed by atoms with van der Waals surface area (Å²) in [6, 6.07) is 0.0629. The van der Waals surface area contributed by atoms with Gasteiger partial charge in [0.2, 0.25) is 11.8 Å². The molecule has 17 heavy (non-hydrogen) atoms. The Morgan fingerprint density at radius 3 is 2.65 bits per heavy atom. The van der Waals surface area contributed by atoms with Crippen LogP contribution in [-0.2, 0) is 9.59 Å². The van der Waals surface area contributed by atoms with E-state index in [1.165, 1.54) is 0 Å². The molecule has 2 saturated carbocycles. The average Bonchev–Trinajstić information content (AvgIpc) is 3.17. The minimum Gasteiger partial charge on any atom is -0.481 e. The highest BCUT2D eigenvalue weighted by Crippen LogP contribution is 2.41. The fraction of sp³-hybridized carbons (Fsp3) is 0.600. The van der Waals surface area contributed by atoms with Crippen molar-refractivity contribution in [2.75, 3.05) is 5.32 Å². The molecule has 7 nitrogen and oxygen atoms in total. The fourth-order valence-corrected chi connectivity index (χ4v) is 1.74. The number of carbonyl (C=O) groups is 2. The van der Waals surface area contributed by atoms with Gasteiger partial charge in [-0.2, -0.15) is 0 Å². The minimum atomic E-state index is -0.936. The van der Waals surface area contributed by atoms with E-state index in [0.29, 0.717) is 18.2 Å². The van der Waals surface area contributed by atoms with Gasteiger partial charge >= 0.3 is 12.0 Å². The molecule has 2 aliphatic carbocycles. The van der Waals surface area contributed by atoms with Crippen LogP contribution in [0.4, 0.5) is 6.01 Å². The molecule has 3 rings (SSSR count). The lowest BCUT2D eigenvalue weighted by Gasteiger charge is -1.97. The Balaban J connectivity index is 1.59. The normalized spacial score (nSPS) is 26.6. The Morgan fingerprint density at radius 2 is 2.06 bits per heavy atom. The van der Waals surface area contributed by atoms with Crippen LogP contribution in [0.25, 0.3) is 0 Å². The monoisotopic (exact) mass is 237 g/mol. The van der Waals surface area contributed by atoms with Crippen LogP contribution in [0.3, 0.4) is 0 Å². The second-order valence-corrected chi connectivity index (χ2v) is 4.50. The van der Waals surface area contributed by atoms with Gasteiger partial charge in [0.15, 0.2) is 0 Å². The molecule has 1 aromatic heterocycles. The summed E-state index contributed by atoms with van der Waals surface area (Å²) in [6.45, 7) is 0. The highest BCUT2D eigenvalue weighted by Gasteiger charge is 2.48. The van der Waals surface area contributed by atoms with Crippen LogP contribution in [0.5, 0.6) is 0 Å². The third-order valence-corrected chi connectivity index (χ3v) is 3.04. The maximum absolute atomic E-state index is 11.6. The van der Waals surface area contributed by atoms with Gasteiger partial charge in [0, 0.05) is 5.92 Å². The zero-order valence-corrected chi connectivity index (χ0v) is 8.92. The minimum absolute atomic E-state index is 0.0629. The third-order valence-electron chi connectivity index (χ3n) is 3.04. The Bertz CT molecular complexity index is 480. The number of nitrogens with zero attached hydrogens (tertiary/aromatic N) is 2. The highest BCUT2D eigenvalue weighted by atomic mass is 16.4. The van der Waals surface area contributed by atoms with Crippen LogP contribution in [0.2, 0.25) is 0 Å². The van der Waals surface area contributed by atoms with E-state index in [2.05, 4.69) is 15.5 Å². The molecule has 0 bridgehead atoms. The molecule has 1 aromatic rings. The van der Waals surface area contributed by atoms with Crippen LogP contribution in [0.1, 0.15) is 31.1 Å². The summed E-state index contributed by atoms with van der Waals surface area (Å²) in [5.74, 6) is -1.45. The van der Waals surface area contributed by atoms with Gasteiger partial charge in [-0.25, -0.2) is 0 Å². The molecule has 2 fully saturated rings. The fourth-order valence-electron chi connectivity index (χ4n) is 1.74. The van der Waals surface area contributed by atoms with Crippen molar-refractivity contribution in [3.63, 3.8) is 0 Å². The lowest BCUT2D eigenvalue weighted by molar-refractivity contribution is -0.139. The first-order valence-electron chi connectivity index (χ1n) is 5.52. The number of hydrogen-bond acceptors (Lipinski definition) is 5. The first kappa shape index (κ1) is 10.2. The number of nitrogens with one attached hydrogen (secondary N) is 1.